The highest BCUT2D eigenvalue weighted by atomic mass is 79.9. The standard InChI is InChI=1S/C24H13Br2Cl2N3O5S/c25-16-9-13(10-17(26)21(16)36-11-12-3-1-4-14(7-12)31(34)35)8-15-22(32)29-24(37)30(23(15)33)19-6-2-5-18(27)20(19)28/h1-10H,11H2,(H,29,32,37)/b15-8+. The second kappa shape index (κ2) is 11.3. The average Bonchev–Trinajstić information content (AvgIpc) is 2.84. The van der Waals surface area contributed by atoms with Gasteiger partial charge in [0.1, 0.15) is 17.9 Å². The maximum atomic E-state index is 13.3. The van der Waals surface area contributed by atoms with E-state index in [1.54, 1.807) is 42.5 Å². The summed E-state index contributed by atoms with van der Waals surface area (Å²) in [5.74, 6) is -0.902. The first kappa shape index (κ1) is 27.2. The molecule has 0 aliphatic carbocycles. The number of nitro benzene ring substituents is 1. The van der Waals surface area contributed by atoms with Crippen LogP contribution in [0.3, 0.4) is 0 Å². The zero-order valence-corrected chi connectivity index (χ0v) is 23.8. The van der Waals surface area contributed by atoms with Crippen LogP contribution in [0.2, 0.25) is 10.0 Å². The number of anilines is 1. The van der Waals surface area contributed by atoms with Crippen LogP contribution in [0.15, 0.2) is 69.1 Å². The van der Waals surface area contributed by atoms with Crippen molar-refractivity contribution in [1.29, 1.82) is 0 Å². The molecule has 1 aliphatic heterocycles. The Kier molecular flexibility index (Phi) is 8.29. The highest BCUT2D eigenvalue weighted by Gasteiger charge is 2.35. The van der Waals surface area contributed by atoms with E-state index in [0.717, 1.165) is 4.90 Å². The largest absolute Gasteiger partial charge is 0.487 e. The number of nitrogens with one attached hydrogen (secondary N) is 1. The lowest BCUT2D eigenvalue weighted by Crippen LogP contribution is -2.54. The summed E-state index contributed by atoms with van der Waals surface area (Å²) in [6, 6.07) is 14.2. The van der Waals surface area contributed by atoms with E-state index in [1.807, 2.05) is 0 Å². The van der Waals surface area contributed by atoms with E-state index in [9.17, 15) is 19.7 Å². The molecule has 188 valence electrons. The van der Waals surface area contributed by atoms with Crippen LogP contribution in [0.1, 0.15) is 11.1 Å². The van der Waals surface area contributed by atoms with Crippen molar-refractivity contribution in [2.45, 2.75) is 6.61 Å². The number of rotatable bonds is 6. The van der Waals surface area contributed by atoms with E-state index in [4.69, 9.17) is 40.2 Å². The second-order valence-electron chi connectivity index (χ2n) is 7.56. The number of hydrogen-bond donors (Lipinski definition) is 1. The van der Waals surface area contributed by atoms with Gasteiger partial charge in [0.25, 0.3) is 17.5 Å². The maximum absolute atomic E-state index is 13.3. The number of non-ortho nitro benzene ring substituents is 1. The van der Waals surface area contributed by atoms with Gasteiger partial charge in [-0.15, -0.1) is 0 Å². The van der Waals surface area contributed by atoms with Crippen molar-refractivity contribution in [3.8, 4) is 5.75 Å². The molecule has 0 atom stereocenters. The first-order chi connectivity index (χ1) is 17.6. The van der Waals surface area contributed by atoms with Crippen LogP contribution >= 0.6 is 67.3 Å². The third-order valence-corrected chi connectivity index (χ3v) is 7.38. The van der Waals surface area contributed by atoms with Gasteiger partial charge in [0, 0.05) is 12.1 Å². The number of nitrogens with zero attached hydrogens (tertiary/aromatic N) is 2. The number of thiocarbonyl (C=S) groups is 1. The number of nitro groups is 1. The van der Waals surface area contributed by atoms with Crippen molar-refractivity contribution < 1.29 is 19.2 Å². The number of amides is 2. The third-order valence-electron chi connectivity index (χ3n) is 5.11. The Bertz CT molecular complexity index is 1490. The molecule has 3 aromatic rings. The van der Waals surface area contributed by atoms with E-state index >= 15 is 0 Å². The minimum absolute atomic E-state index is 0.0378. The van der Waals surface area contributed by atoms with E-state index in [0.29, 0.717) is 25.8 Å². The molecule has 0 aromatic heterocycles. The van der Waals surface area contributed by atoms with Gasteiger partial charge >= 0.3 is 0 Å². The van der Waals surface area contributed by atoms with E-state index < -0.39 is 16.7 Å². The van der Waals surface area contributed by atoms with Gasteiger partial charge in [0.05, 0.1) is 29.6 Å². The fourth-order valence-corrected chi connectivity index (χ4v) is 5.53. The summed E-state index contributed by atoms with van der Waals surface area (Å²) in [6.07, 6.45) is 1.41. The van der Waals surface area contributed by atoms with E-state index in [1.165, 1.54) is 18.2 Å². The van der Waals surface area contributed by atoms with Crippen LogP contribution in [0.25, 0.3) is 6.08 Å². The molecule has 0 bridgehead atoms. The van der Waals surface area contributed by atoms with Gasteiger partial charge in [-0.25, -0.2) is 0 Å². The fourth-order valence-electron chi connectivity index (χ4n) is 3.42. The van der Waals surface area contributed by atoms with Gasteiger partial charge in [0.2, 0.25) is 0 Å². The lowest BCUT2D eigenvalue weighted by molar-refractivity contribution is -0.384. The lowest BCUT2D eigenvalue weighted by Gasteiger charge is -2.29. The molecule has 8 nitrogen and oxygen atoms in total. The summed E-state index contributed by atoms with van der Waals surface area (Å²) in [5, 5.41) is 13.7. The van der Waals surface area contributed by atoms with Crippen molar-refractivity contribution in [3.63, 3.8) is 0 Å². The first-order valence-corrected chi connectivity index (χ1v) is 13.0. The molecule has 1 heterocycles. The van der Waals surface area contributed by atoms with Crippen molar-refractivity contribution in [1.82, 2.24) is 5.32 Å². The van der Waals surface area contributed by atoms with E-state index in [2.05, 4.69) is 37.2 Å². The highest BCUT2D eigenvalue weighted by Crippen LogP contribution is 2.37. The highest BCUT2D eigenvalue weighted by molar-refractivity contribution is 9.11. The van der Waals surface area contributed by atoms with E-state index in [-0.39, 0.29) is 38.7 Å². The monoisotopic (exact) mass is 683 g/mol. The Hall–Kier alpha value is -2.83. The predicted octanol–water partition coefficient (Wildman–Crippen LogP) is 6.84. The molecule has 1 saturated heterocycles. The molecule has 3 aromatic carbocycles. The smallest absolute Gasteiger partial charge is 0.270 e. The van der Waals surface area contributed by atoms with Gasteiger partial charge in [-0.3, -0.25) is 29.9 Å². The first-order valence-electron chi connectivity index (χ1n) is 10.3. The Morgan fingerprint density at radius 1 is 1.08 bits per heavy atom. The molecule has 4 rings (SSSR count). The quantitative estimate of drug-likeness (QED) is 0.100. The number of hydrogen-bond acceptors (Lipinski definition) is 6. The normalized spacial score (nSPS) is 14.6. The third kappa shape index (κ3) is 5.86. The number of ether oxygens (including phenoxy) is 1. The van der Waals surface area contributed by atoms with Crippen LogP contribution in [-0.4, -0.2) is 21.9 Å². The summed E-state index contributed by atoms with van der Waals surface area (Å²) in [4.78, 5) is 37.6. The van der Waals surface area contributed by atoms with Gasteiger partial charge in [0.15, 0.2) is 5.11 Å². The van der Waals surface area contributed by atoms with Crippen molar-refractivity contribution in [2.24, 2.45) is 0 Å². The van der Waals surface area contributed by atoms with Gasteiger partial charge in [-0.05, 0) is 85.5 Å². The van der Waals surface area contributed by atoms with Crippen molar-refractivity contribution in [3.05, 3.63) is 100 Å². The van der Waals surface area contributed by atoms with Gasteiger partial charge in [-0.2, -0.15) is 0 Å². The Morgan fingerprint density at radius 3 is 2.43 bits per heavy atom. The fraction of sp³-hybridized carbons (Fsp3) is 0.0417. The Labute approximate surface area is 242 Å². The zero-order chi connectivity index (χ0) is 26.9. The molecule has 0 unspecified atom stereocenters. The number of halogens is 4. The summed E-state index contributed by atoms with van der Waals surface area (Å²) < 4.78 is 6.90. The summed E-state index contributed by atoms with van der Waals surface area (Å²) in [7, 11) is 0. The van der Waals surface area contributed by atoms with Crippen molar-refractivity contribution >= 4 is 102 Å². The molecule has 1 aliphatic rings. The predicted molar refractivity (Wildman–Crippen MR) is 152 cm³/mol. The van der Waals surface area contributed by atoms with Gasteiger partial charge < -0.3 is 4.74 Å². The summed E-state index contributed by atoms with van der Waals surface area (Å²) in [6.45, 7) is 0.0764. The van der Waals surface area contributed by atoms with Crippen LogP contribution in [-0.2, 0) is 16.2 Å². The molecule has 13 heteroatoms. The molecule has 0 spiro atoms. The molecule has 37 heavy (non-hydrogen) atoms. The number of carbonyl (C=O) groups excluding carboxylic acids is 2. The minimum atomic E-state index is -0.670. The molecular formula is C24H13Br2Cl2N3O5S. The topological polar surface area (TPSA) is 102 Å². The molecule has 2 amide bonds. The zero-order valence-electron chi connectivity index (χ0n) is 18.3. The molecule has 1 fully saturated rings. The summed E-state index contributed by atoms with van der Waals surface area (Å²) in [5.41, 5.74) is 1.14. The molecule has 1 N–H and O–H groups in total. The van der Waals surface area contributed by atoms with Crippen LogP contribution in [0.4, 0.5) is 11.4 Å². The Balaban J connectivity index is 1.61. The van der Waals surface area contributed by atoms with Crippen LogP contribution in [0.5, 0.6) is 5.75 Å². The SMILES string of the molecule is O=C1NC(=S)N(c2cccc(Cl)c2Cl)C(=O)/C1=C/c1cc(Br)c(OCc2cccc([N+](=O)[O-])c2)c(Br)c1. The average molecular weight is 686 g/mol. The lowest BCUT2D eigenvalue weighted by atomic mass is 10.1. The second-order valence-corrected chi connectivity index (χ2v) is 10.4. The maximum Gasteiger partial charge on any atom is 0.270 e. The molecular weight excluding hydrogens is 673 g/mol. The van der Waals surface area contributed by atoms with Crippen molar-refractivity contribution in [2.75, 3.05) is 4.90 Å². The minimum Gasteiger partial charge on any atom is -0.487 e. The molecule has 0 saturated carbocycles. The molecule has 0 radical (unpaired) electrons. The number of carbonyl (C=O) groups is 2. The van der Waals surface area contributed by atoms with Gasteiger partial charge in [-0.1, -0.05) is 41.4 Å². The number of benzene rings is 3. The Morgan fingerprint density at radius 2 is 1.76 bits per heavy atom. The van der Waals surface area contributed by atoms with Crippen LogP contribution < -0.4 is 15.0 Å². The van der Waals surface area contributed by atoms with Crippen LogP contribution in [0, 0.1) is 10.1 Å². The summed E-state index contributed by atoms with van der Waals surface area (Å²) >= 11 is 24.5.